The molecule has 0 saturated heterocycles. The summed E-state index contributed by atoms with van der Waals surface area (Å²) in [7, 11) is 0. The first-order chi connectivity index (χ1) is 25.6. The molecule has 0 aliphatic heterocycles. The number of hydrogen-bond acceptors (Lipinski definition) is 6. The van der Waals surface area contributed by atoms with Crippen molar-refractivity contribution in [1.82, 2.24) is 0 Å². The molecule has 0 aliphatic rings. The number of carbonyl (C=O) groups excluding carboxylic acids is 2. The van der Waals surface area contributed by atoms with Gasteiger partial charge in [-0.2, -0.15) is 0 Å². The monoisotopic (exact) mass is 854 g/mol. The van der Waals surface area contributed by atoms with Crippen LogP contribution in [0.2, 0.25) is 0 Å². The second kappa shape index (κ2) is 17.8. The minimum atomic E-state index is -0.574. The molecule has 0 unspecified atom stereocenters. The van der Waals surface area contributed by atoms with Crippen LogP contribution in [0.5, 0.6) is 11.5 Å². The summed E-state index contributed by atoms with van der Waals surface area (Å²) in [5.41, 5.74) is 2.11. The van der Waals surface area contributed by atoms with Gasteiger partial charge in [-0.15, -0.1) is 0 Å². The highest BCUT2D eigenvalue weighted by atomic mass is 79.9. The van der Waals surface area contributed by atoms with Crippen molar-refractivity contribution in [3.63, 3.8) is 0 Å². The number of rotatable bonds is 8. The molecule has 6 aromatic carbocycles. The Morgan fingerprint density at radius 2 is 0.870 bits per heavy atom. The molecule has 0 aromatic heterocycles. The maximum Gasteiger partial charge on any atom is 0.412 e. The average Bonchev–Trinajstić information content (AvgIpc) is 3.09. The fraction of sp³-hybridized carbons (Fsp3) is 0.227. The van der Waals surface area contributed by atoms with Crippen LogP contribution in [-0.2, 0) is 22.7 Å². The quantitative estimate of drug-likeness (QED) is 0.158. The summed E-state index contributed by atoms with van der Waals surface area (Å²) in [6.45, 7) is 11.8. The molecule has 0 saturated carbocycles. The Labute approximate surface area is 333 Å². The van der Waals surface area contributed by atoms with Crippen molar-refractivity contribution in [2.75, 3.05) is 10.6 Å². The van der Waals surface area contributed by atoms with E-state index in [1.807, 2.05) is 163 Å². The molecule has 0 fully saturated rings. The molecule has 54 heavy (non-hydrogen) atoms. The van der Waals surface area contributed by atoms with E-state index in [4.69, 9.17) is 18.9 Å². The summed E-state index contributed by atoms with van der Waals surface area (Å²) in [6, 6.07) is 39.4. The van der Waals surface area contributed by atoms with Gasteiger partial charge in [0.25, 0.3) is 0 Å². The second-order valence-electron chi connectivity index (χ2n) is 14.5. The molecule has 10 heteroatoms. The third kappa shape index (κ3) is 12.5. The fourth-order valence-electron chi connectivity index (χ4n) is 5.23. The lowest BCUT2D eigenvalue weighted by atomic mass is 10.1. The van der Waals surface area contributed by atoms with E-state index < -0.39 is 23.4 Å². The van der Waals surface area contributed by atoms with E-state index in [-0.39, 0.29) is 0 Å². The molecule has 6 rings (SSSR count). The van der Waals surface area contributed by atoms with E-state index in [1.165, 1.54) is 0 Å². The van der Waals surface area contributed by atoms with Crippen LogP contribution in [0.1, 0.15) is 52.7 Å². The number of carbonyl (C=O) groups is 2. The van der Waals surface area contributed by atoms with Gasteiger partial charge in [0, 0.05) is 8.95 Å². The van der Waals surface area contributed by atoms with Gasteiger partial charge in [-0.1, -0.05) is 105 Å². The SMILES string of the molecule is CC(C)(C)OC(=O)Nc1cc2cc(Br)ccc2cc1OCc1ccccc1.CC(C)(C)OC(=O)Nc1cc2cc(Br)ccc2cc1OCc1ccccc1. The van der Waals surface area contributed by atoms with Crippen LogP contribution in [0.15, 0.2) is 130 Å². The number of amides is 2. The minimum Gasteiger partial charge on any atom is -0.487 e. The number of ether oxygens (including phenoxy) is 4. The maximum absolute atomic E-state index is 12.3. The highest BCUT2D eigenvalue weighted by Crippen LogP contribution is 2.34. The summed E-state index contributed by atoms with van der Waals surface area (Å²) >= 11 is 6.97. The van der Waals surface area contributed by atoms with Crippen LogP contribution < -0.4 is 20.1 Å². The predicted molar refractivity (Wildman–Crippen MR) is 225 cm³/mol. The molecular formula is C44H44Br2N2O6. The third-order valence-electron chi connectivity index (χ3n) is 7.55. The Balaban J connectivity index is 0.000000208. The lowest BCUT2D eigenvalue weighted by Crippen LogP contribution is -2.27. The highest BCUT2D eigenvalue weighted by Gasteiger charge is 2.20. The Kier molecular flexibility index (Phi) is 13.3. The maximum atomic E-state index is 12.3. The van der Waals surface area contributed by atoms with E-state index in [0.29, 0.717) is 36.1 Å². The van der Waals surface area contributed by atoms with Crippen molar-refractivity contribution in [3.05, 3.63) is 141 Å². The summed E-state index contributed by atoms with van der Waals surface area (Å²) in [5.74, 6) is 1.19. The first-order valence-corrected chi connectivity index (χ1v) is 19.0. The van der Waals surface area contributed by atoms with Crippen molar-refractivity contribution in [2.24, 2.45) is 0 Å². The zero-order valence-electron chi connectivity index (χ0n) is 31.2. The zero-order chi connectivity index (χ0) is 38.9. The first kappa shape index (κ1) is 40.1. The van der Waals surface area contributed by atoms with Crippen molar-refractivity contribution in [1.29, 1.82) is 0 Å². The third-order valence-corrected chi connectivity index (χ3v) is 8.53. The molecule has 0 aliphatic carbocycles. The first-order valence-electron chi connectivity index (χ1n) is 17.4. The number of hydrogen-bond donors (Lipinski definition) is 2. The highest BCUT2D eigenvalue weighted by molar-refractivity contribution is 9.10. The standard InChI is InChI=1S/2C22H22BrNO3/c2*1-22(2,3)27-21(25)24-19-12-17-11-18(23)10-9-16(17)13-20(19)26-14-15-7-5-4-6-8-15/h2*4-13H,14H2,1-3H3,(H,24,25). The lowest BCUT2D eigenvalue weighted by Gasteiger charge is -2.21. The molecule has 0 bridgehead atoms. The second-order valence-corrected chi connectivity index (χ2v) is 16.3. The van der Waals surface area contributed by atoms with E-state index in [1.54, 1.807) is 0 Å². The van der Waals surface area contributed by atoms with Crippen LogP contribution in [0.25, 0.3) is 21.5 Å². The van der Waals surface area contributed by atoms with Gasteiger partial charge in [0.1, 0.15) is 35.9 Å². The van der Waals surface area contributed by atoms with E-state index >= 15 is 0 Å². The lowest BCUT2D eigenvalue weighted by molar-refractivity contribution is 0.0624. The van der Waals surface area contributed by atoms with Gasteiger partial charge in [0.15, 0.2) is 0 Å². The molecule has 0 radical (unpaired) electrons. The van der Waals surface area contributed by atoms with Gasteiger partial charge in [0.05, 0.1) is 11.4 Å². The molecule has 0 heterocycles. The number of anilines is 2. The Morgan fingerprint density at radius 1 is 0.500 bits per heavy atom. The minimum absolute atomic E-state index is 0.409. The van der Waals surface area contributed by atoms with Gasteiger partial charge in [-0.25, -0.2) is 9.59 Å². The molecule has 6 aromatic rings. The molecule has 2 N–H and O–H groups in total. The Hall–Kier alpha value is -5.06. The van der Waals surface area contributed by atoms with E-state index in [2.05, 4.69) is 42.5 Å². The van der Waals surface area contributed by atoms with Crippen molar-refractivity contribution < 1.29 is 28.5 Å². The van der Waals surface area contributed by atoms with Gasteiger partial charge < -0.3 is 18.9 Å². The van der Waals surface area contributed by atoms with Crippen LogP contribution in [0, 0.1) is 0 Å². The Morgan fingerprint density at radius 3 is 1.22 bits per heavy atom. The molecule has 280 valence electrons. The number of fused-ring (bicyclic) bond motifs is 2. The Bertz CT molecular complexity index is 2060. The number of halogens is 2. The van der Waals surface area contributed by atoms with Gasteiger partial charge in [-0.3, -0.25) is 10.6 Å². The van der Waals surface area contributed by atoms with Crippen LogP contribution in [-0.4, -0.2) is 23.4 Å². The smallest absolute Gasteiger partial charge is 0.412 e. The van der Waals surface area contributed by atoms with Gasteiger partial charge in [-0.05, 0) is 123 Å². The summed E-state index contributed by atoms with van der Waals surface area (Å²) in [4.78, 5) is 24.5. The fourth-order valence-corrected chi connectivity index (χ4v) is 5.98. The molecule has 0 atom stereocenters. The van der Waals surface area contributed by atoms with Crippen LogP contribution >= 0.6 is 31.9 Å². The summed E-state index contributed by atoms with van der Waals surface area (Å²) in [6.07, 6.45) is -1.03. The van der Waals surface area contributed by atoms with Gasteiger partial charge >= 0.3 is 12.2 Å². The summed E-state index contributed by atoms with van der Waals surface area (Å²) < 4.78 is 24.7. The van der Waals surface area contributed by atoms with Crippen molar-refractivity contribution in [2.45, 2.75) is 66.0 Å². The predicted octanol–water partition coefficient (Wildman–Crippen LogP) is 13.1. The normalized spacial score (nSPS) is 11.3. The van der Waals surface area contributed by atoms with Crippen LogP contribution in [0.4, 0.5) is 21.0 Å². The zero-order valence-corrected chi connectivity index (χ0v) is 34.3. The molecule has 0 spiro atoms. The molecule has 2 amide bonds. The van der Waals surface area contributed by atoms with Crippen molar-refractivity contribution >= 4 is 77.0 Å². The van der Waals surface area contributed by atoms with E-state index in [9.17, 15) is 9.59 Å². The number of benzene rings is 6. The summed E-state index contributed by atoms with van der Waals surface area (Å²) in [5, 5.41) is 9.65. The largest absolute Gasteiger partial charge is 0.487 e. The number of nitrogens with one attached hydrogen (secondary N) is 2. The molecule has 8 nitrogen and oxygen atoms in total. The average molecular weight is 857 g/mol. The van der Waals surface area contributed by atoms with Gasteiger partial charge in [0.2, 0.25) is 0 Å². The molecular weight excluding hydrogens is 812 g/mol. The van der Waals surface area contributed by atoms with Crippen molar-refractivity contribution in [3.8, 4) is 11.5 Å². The topological polar surface area (TPSA) is 95.1 Å². The van der Waals surface area contributed by atoms with E-state index in [0.717, 1.165) is 41.6 Å². The van der Waals surface area contributed by atoms with Crippen LogP contribution in [0.3, 0.4) is 0 Å².